The van der Waals surface area contributed by atoms with Gasteiger partial charge in [-0.25, -0.2) is 0 Å². The number of ether oxygens (including phenoxy) is 5. The molecule has 238 valence electrons. The van der Waals surface area contributed by atoms with Crippen LogP contribution < -0.4 is 10.1 Å². The van der Waals surface area contributed by atoms with Crippen LogP contribution in [-0.4, -0.2) is 65.4 Å². The van der Waals surface area contributed by atoms with Gasteiger partial charge in [-0.3, -0.25) is 4.79 Å². The lowest BCUT2D eigenvalue weighted by molar-refractivity contribution is -0.114. The first-order chi connectivity index (χ1) is 20.2. The van der Waals surface area contributed by atoms with E-state index in [2.05, 4.69) is 12.2 Å². The third-order valence-corrected chi connectivity index (χ3v) is 6.93. The van der Waals surface area contributed by atoms with Crippen molar-refractivity contribution in [2.24, 2.45) is 0 Å². The fourth-order valence-electron chi connectivity index (χ4n) is 4.57. The topological polar surface area (TPSA) is 75.2 Å². The van der Waals surface area contributed by atoms with Gasteiger partial charge in [0.15, 0.2) is 0 Å². The molecule has 41 heavy (non-hydrogen) atoms. The minimum absolute atomic E-state index is 0.0919. The van der Waals surface area contributed by atoms with Gasteiger partial charge >= 0.3 is 0 Å². The minimum Gasteiger partial charge on any atom is -0.491 e. The molecule has 0 aliphatic rings. The average molecular weight is 580 g/mol. The summed E-state index contributed by atoms with van der Waals surface area (Å²) in [6.07, 6.45) is 22.2. The van der Waals surface area contributed by atoms with Crippen LogP contribution in [0, 0.1) is 0 Å². The molecule has 0 bridgehead atoms. The molecular weight excluding hydrogens is 518 g/mol. The molecule has 0 fully saturated rings. The summed E-state index contributed by atoms with van der Waals surface area (Å²) in [5, 5.41) is 2.72. The summed E-state index contributed by atoms with van der Waals surface area (Å²) in [4.78, 5) is 11.0. The molecular formula is C34H61NO6. The lowest BCUT2D eigenvalue weighted by Crippen LogP contribution is -2.14. The van der Waals surface area contributed by atoms with Crippen LogP contribution in [0.15, 0.2) is 24.3 Å². The summed E-state index contributed by atoms with van der Waals surface area (Å²) in [5.41, 5.74) is 0.750. The van der Waals surface area contributed by atoms with E-state index < -0.39 is 0 Å². The Kier molecular flexibility index (Phi) is 27.2. The van der Waals surface area contributed by atoms with Crippen molar-refractivity contribution in [3.05, 3.63) is 24.3 Å². The summed E-state index contributed by atoms with van der Waals surface area (Å²) >= 11 is 0. The molecule has 0 saturated carbocycles. The van der Waals surface area contributed by atoms with Crippen LogP contribution in [0.5, 0.6) is 5.75 Å². The number of unbranched alkanes of at least 4 members (excludes halogenated alkanes) is 15. The molecule has 0 spiro atoms. The molecule has 0 unspecified atom stereocenters. The van der Waals surface area contributed by atoms with Crippen molar-refractivity contribution in [2.75, 3.05) is 64.8 Å². The number of nitrogens with one attached hydrogen (secondary N) is 1. The van der Waals surface area contributed by atoms with E-state index in [1.807, 2.05) is 24.3 Å². The van der Waals surface area contributed by atoms with E-state index in [-0.39, 0.29) is 5.91 Å². The number of carbonyl (C=O) groups is 1. The zero-order chi connectivity index (χ0) is 29.5. The Bertz CT molecular complexity index is 684. The molecule has 0 atom stereocenters. The largest absolute Gasteiger partial charge is 0.491 e. The maximum absolute atomic E-state index is 11.0. The number of hydrogen-bond donors (Lipinski definition) is 1. The second-order valence-corrected chi connectivity index (χ2v) is 10.8. The van der Waals surface area contributed by atoms with Crippen LogP contribution in [0.3, 0.4) is 0 Å². The van der Waals surface area contributed by atoms with Gasteiger partial charge in [-0.1, -0.05) is 103 Å². The highest BCUT2D eigenvalue weighted by molar-refractivity contribution is 5.88. The Morgan fingerprint density at radius 3 is 1.29 bits per heavy atom. The Morgan fingerprint density at radius 1 is 0.512 bits per heavy atom. The van der Waals surface area contributed by atoms with E-state index in [9.17, 15) is 4.79 Å². The summed E-state index contributed by atoms with van der Waals surface area (Å²) in [6, 6.07) is 7.26. The Hall–Kier alpha value is -1.67. The maximum Gasteiger partial charge on any atom is 0.221 e. The second kappa shape index (κ2) is 29.8. The predicted molar refractivity (Wildman–Crippen MR) is 169 cm³/mol. The molecule has 1 amide bonds. The Balaban J connectivity index is 1.68. The van der Waals surface area contributed by atoms with Gasteiger partial charge in [0, 0.05) is 19.2 Å². The van der Waals surface area contributed by atoms with Gasteiger partial charge in [-0.05, 0) is 30.7 Å². The number of benzene rings is 1. The fraction of sp³-hybridized carbons (Fsp3) is 0.794. The number of anilines is 1. The lowest BCUT2D eigenvalue weighted by atomic mass is 10.0. The monoisotopic (exact) mass is 579 g/mol. The van der Waals surface area contributed by atoms with Crippen molar-refractivity contribution in [2.45, 2.75) is 117 Å². The van der Waals surface area contributed by atoms with E-state index in [0.29, 0.717) is 52.9 Å². The van der Waals surface area contributed by atoms with E-state index in [1.54, 1.807) is 0 Å². The molecule has 1 N–H and O–H groups in total. The SMILES string of the molecule is CCCCCCCCCCCCCCCCCCOCCOCCOCCOCCOc1ccc(NC(C)=O)cc1. The predicted octanol–water partition coefficient (Wildman–Crippen LogP) is 8.35. The van der Waals surface area contributed by atoms with Gasteiger partial charge in [0.1, 0.15) is 12.4 Å². The van der Waals surface area contributed by atoms with Gasteiger partial charge in [0.2, 0.25) is 5.91 Å². The van der Waals surface area contributed by atoms with Crippen LogP contribution >= 0.6 is 0 Å². The van der Waals surface area contributed by atoms with Gasteiger partial charge in [0.25, 0.3) is 0 Å². The zero-order valence-electron chi connectivity index (χ0n) is 26.4. The zero-order valence-corrected chi connectivity index (χ0v) is 26.4. The summed E-state index contributed by atoms with van der Waals surface area (Å²) in [7, 11) is 0. The van der Waals surface area contributed by atoms with Crippen molar-refractivity contribution in [3.63, 3.8) is 0 Å². The number of rotatable bonds is 31. The molecule has 0 saturated heterocycles. The van der Waals surface area contributed by atoms with E-state index in [0.717, 1.165) is 24.5 Å². The lowest BCUT2D eigenvalue weighted by Gasteiger charge is -2.09. The first-order valence-corrected chi connectivity index (χ1v) is 16.5. The molecule has 7 heteroatoms. The molecule has 1 aromatic rings. The normalized spacial score (nSPS) is 11.2. The quantitative estimate of drug-likeness (QED) is 0.0891. The fourth-order valence-corrected chi connectivity index (χ4v) is 4.57. The molecule has 1 rings (SSSR count). The molecule has 0 aromatic heterocycles. The molecule has 0 radical (unpaired) electrons. The summed E-state index contributed by atoms with van der Waals surface area (Å²) in [5.74, 6) is 0.649. The standard InChI is InChI=1S/C34H61NO6/c1-3-4-5-6-7-8-9-10-11-12-13-14-15-16-17-18-23-37-24-25-38-26-27-39-28-29-40-30-31-41-34-21-19-33(20-22-34)35-32(2)36/h19-22H,3-18,23-31H2,1-2H3,(H,35,36). The molecule has 7 nitrogen and oxygen atoms in total. The van der Waals surface area contributed by atoms with Gasteiger partial charge in [-0.2, -0.15) is 0 Å². The van der Waals surface area contributed by atoms with Crippen molar-refractivity contribution in [1.29, 1.82) is 0 Å². The molecule has 0 heterocycles. The van der Waals surface area contributed by atoms with Gasteiger partial charge in [0.05, 0.1) is 46.2 Å². The van der Waals surface area contributed by atoms with Crippen LogP contribution in [-0.2, 0) is 23.7 Å². The second-order valence-electron chi connectivity index (χ2n) is 10.8. The first kappa shape index (κ1) is 37.4. The van der Waals surface area contributed by atoms with Crippen LogP contribution in [0.1, 0.15) is 117 Å². The van der Waals surface area contributed by atoms with Crippen LogP contribution in [0.25, 0.3) is 0 Å². The molecule has 0 aliphatic heterocycles. The van der Waals surface area contributed by atoms with Gasteiger partial charge < -0.3 is 29.0 Å². The number of hydrogen-bond acceptors (Lipinski definition) is 6. The smallest absolute Gasteiger partial charge is 0.221 e. The number of carbonyl (C=O) groups excluding carboxylic acids is 1. The third kappa shape index (κ3) is 26.9. The average Bonchev–Trinajstić information content (AvgIpc) is 2.97. The van der Waals surface area contributed by atoms with Crippen molar-refractivity contribution >= 4 is 11.6 Å². The van der Waals surface area contributed by atoms with Crippen molar-refractivity contribution in [1.82, 2.24) is 0 Å². The Morgan fingerprint density at radius 2 is 0.878 bits per heavy atom. The summed E-state index contributed by atoms with van der Waals surface area (Å²) in [6.45, 7) is 9.00. The molecule has 0 aliphatic carbocycles. The van der Waals surface area contributed by atoms with Crippen LogP contribution in [0.4, 0.5) is 5.69 Å². The third-order valence-electron chi connectivity index (χ3n) is 6.93. The van der Waals surface area contributed by atoms with E-state index in [4.69, 9.17) is 23.7 Å². The molecule has 1 aromatic carbocycles. The summed E-state index contributed by atoms with van der Waals surface area (Å²) < 4.78 is 27.9. The Labute approximate surface area is 251 Å². The van der Waals surface area contributed by atoms with Crippen LogP contribution in [0.2, 0.25) is 0 Å². The number of amides is 1. The minimum atomic E-state index is -0.0919. The van der Waals surface area contributed by atoms with E-state index >= 15 is 0 Å². The van der Waals surface area contributed by atoms with Gasteiger partial charge in [-0.15, -0.1) is 0 Å². The first-order valence-electron chi connectivity index (χ1n) is 16.5. The highest BCUT2D eigenvalue weighted by Gasteiger charge is 1.99. The maximum atomic E-state index is 11.0. The van der Waals surface area contributed by atoms with Crippen molar-refractivity contribution in [3.8, 4) is 5.75 Å². The van der Waals surface area contributed by atoms with Crippen molar-refractivity contribution < 1.29 is 28.5 Å². The van der Waals surface area contributed by atoms with E-state index in [1.165, 1.54) is 103 Å². The highest BCUT2D eigenvalue weighted by atomic mass is 16.6. The highest BCUT2D eigenvalue weighted by Crippen LogP contribution is 2.16.